The van der Waals surface area contributed by atoms with Crippen LogP contribution in [0, 0.1) is 0 Å². The minimum Gasteiger partial charge on any atom is -0.478 e. The van der Waals surface area contributed by atoms with Gasteiger partial charge < -0.3 is 15.2 Å². The van der Waals surface area contributed by atoms with Gasteiger partial charge in [-0.15, -0.1) is 0 Å². The average Bonchev–Trinajstić information content (AvgIpc) is 2.24. The molecule has 0 aliphatic heterocycles. The first-order valence-electron chi connectivity index (χ1n) is 4.91. The fraction of sp³-hybridized carbons (Fsp3) is 0.364. The first-order valence-corrected chi connectivity index (χ1v) is 5.28. The Labute approximate surface area is 99.2 Å². The van der Waals surface area contributed by atoms with Crippen molar-refractivity contribution >= 4 is 23.3 Å². The van der Waals surface area contributed by atoms with Crippen molar-refractivity contribution in [3.05, 3.63) is 28.8 Å². The Morgan fingerprint density at radius 2 is 2.31 bits per heavy atom. The summed E-state index contributed by atoms with van der Waals surface area (Å²) in [5.41, 5.74) is 0.762. The van der Waals surface area contributed by atoms with Gasteiger partial charge in [-0.05, 0) is 24.6 Å². The molecule has 0 atom stereocenters. The molecule has 0 aliphatic rings. The molecular weight excluding hydrogens is 230 g/mol. The van der Waals surface area contributed by atoms with Crippen molar-refractivity contribution in [1.29, 1.82) is 0 Å². The Balaban J connectivity index is 2.68. The Morgan fingerprint density at radius 3 is 2.94 bits per heavy atom. The smallest absolute Gasteiger partial charge is 0.337 e. The molecule has 0 aliphatic carbocycles. The van der Waals surface area contributed by atoms with Crippen LogP contribution in [0.3, 0.4) is 0 Å². The minimum atomic E-state index is -0.967. The highest BCUT2D eigenvalue weighted by molar-refractivity contribution is 6.31. The van der Waals surface area contributed by atoms with Crippen LogP contribution in [-0.4, -0.2) is 31.3 Å². The van der Waals surface area contributed by atoms with E-state index in [-0.39, 0.29) is 5.56 Å². The van der Waals surface area contributed by atoms with E-state index in [0.717, 1.165) is 6.42 Å². The predicted octanol–water partition coefficient (Wildman–Crippen LogP) is 2.49. The Kier molecular flexibility index (Phi) is 5.08. The highest BCUT2D eigenvalue weighted by atomic mass is 35.5. The van der Waals surface area contributed by atoms with Gasteiger partial charge in [0.1, 0.15) is 0 Å². The first kappa shape index (κ1) is 12.8. The number of methoxy groups -OCH3 is 1. The Hall–Kier alpha value is -1.26. The zero-order chi connectivity index (χ0) is 12.0. The van der Waals surface area contributed by atoms with Gasteiger partial charge in [0.25, 0.3) is 0 Å². The third-order valence-electron chi connectivity index (χ3n) is 2.05. The molecule has 0 fully saturated rings. The number of carbonyl (C=O) groups is 1. The highest BCUT2D eigenvalue weighted by Gasteiger charge is 2.09. The van der Waals surface area contributed by atoms with E-state index in [2.05, 4.69) is 5.32 Å². The fourth-order valence-electron chi connectivity index (χ4n) is 1.29. The number of aromatic carboxylic acids is 1. The van der Waals surface area contributed by atoms with Crippen LogP contribution < -0.4 is 5.32 Å². The summed E-state index contributed by atoms with van der Waals surface area (Å²) < 4.78 is 4.90. The lowest BCUT2D eigenvalue weighted by atomic mass is 10.2. The van der Waals surface area contributed by atoms with Crippen LogP contribution in [0.15, 0.2) is 18.2 Å². The molecule has 1 aromatic rings. The van der Waals surface area contributed by atoms with Gasteiger partial charge in [0.15, 0.2) is 0 Å². The fourth-order valence-corrected chi connectivity index (χ4v) is 1.46. The molecule has 1 aromatic carbocycles. The second-order valence-corrected chi connectivity index (χ2v) is 3.70. The molecule has 0 aromatic heterocycles. The largest absolute Gasteiger partial charge is 0.478 e. The lowest BCUT2D eigenvalue weighted by Gasteiger charge is -2.09. The van der Waals surface area contributed by atoms with Gasteiger partial charge in [0.2, 0.25) is 0 Å². The molecule has 5 heteroatoms. The molecule has 0 bridgehead atoms. The number of nitrogens with one attached hydrogen (secondary N) is 1. The molecule has 0 heterocycles. The van der Waals surface area contributed by atoms with Gasteiger partial charge in [-0.25, -0.2) is 4.79 Å². The van der Waals surface area contributed by atoms with E-state index in [4.69, 9.17) is 21.4 Å². The van der Waals surface area contributed by atoms with Gasteiger partial charge in [-0.1, -0.05) is 11.6 Å². The van der Waals surface area contributed by atoms with Crippen LogP contribution in [-0.2, 0) is 4.74 Å². The van der Waals surface area contributed by atoms with E-state index in [1.54, 1.807) is 19.2 Å². The van der Waals surface area contributed by atoms with E-state index >= 15 is 0 Å². The van der Waals surface area contributed by atoms with Crippen LogP contribution in [0.25, 0.3) is 0 Å². The molecule has 0 spiro atoms. The van der Waals surface area contributed by atoms with E-state index in [0.29, 0.717) is 23.9 Å². The SMILES string of the molecule is COCCCNc1cc(Cl)ccc1C(=O)O. The number of hydrogen-bond donors (Lipinski definition) is 2. The van der Waals surface area contributed by atoms with Crippen molar-refractivity contribution in [3.63, 3.8) is 0 Å². The summed E-state index contributed by atoms with van der Waals surface area (Å²) in [6.07, 6.45) is 0.808. The molecule has 4 nitrogen and oxygen atoms in total. The second-order valence-electron chi connectivity index (χ2n) is 3.27. The topological polar surface area (TPSA) is 58.6 Å². The number of anilines is 1. The van der Waals surface area contributed by atoms with Crippen LogP contribution in [0.5, 0.6) is 0 Å². The summed E-state index contributed by atoms with van der Waals surface area (Å²) >= 11 is 5.80. The Morgan fingerprint density at radius 1 is 1.56 bits per heavy atom. The number of rotatable bonds is 6. The third-order valence-corrected chi connectivity index (χ3v) is 2.29. The lowest BCUT2D eigenvalue weighted by Crippen LogP contribution is -2.09. The number of carboxylic acids is 1. The monoisotopic (exact) mass is 243 g/mol. The minimum absolute atomic E-state index is 0.224. The van der Waals surface area contributed by atoms with Gasteiger partial charge in [-0.3, -0.25) is 0 Å². The molecule has 0 amide bonds. The predicted molar refractivity (Wildman–Crippen MR) is 63.4 cm³/mol. The highest BCUT2D eigenvalue weighted by Crippen LogP contribution is 2.21. The standard InChI is InChI=1S/C11H14ClNO3/c1-16-6-2-5-13-10-7-8(12)3-4-9(10)11(14)15/h3-4,7,13H,2,5-6H2,1H3,(H,14,15). The summed E-state index contributed by atoms with van der Waals surface area (Å²) in [5.74, 6) is -0.967. The van der Waals surface area contributed by atoms with Crippen molar-refractivity contribution in [3.8, 4) is 0 Å². The first-order chi connectivity index (χ1) is 7.65. The second kappa shape index (κ2) is 6.35. The maximum absolute atomic E-state index is 10.9. The molecule has 0 saturated heterocycles. The lowest BCUT2D eigenvalue weighted by molar-refractivity contribution is 0.0698. The van der Waals surface area contributed by atoms with Crippen molar-refractivity contribution < 1.29 is 14.6 Å². The van der Waals surface area contributed by atoms with E-state index in [9.17, 15) is 4.79 Å². The number of carboxylic acid groups (broad SMARTS) is 1. The number of ether oxygens (including phenoxy) is 1. The summed E-state index contributed by atoms with van der Waals surface area (Å²) in [6, 6.07) is 4.66. The maximum Gasteiger partial charge on any atom is 0.337 e. The van der Waals surface area contributed by atoms with Gasteiger partial charge in [-0.2, -0.15) is 0 Å². The van der Waals surface area contributed by atoms with Crippen LogP contribution in [0.2, 0.25) is 5.02 Å². The summed E-state index contributed by atoms with van der Waals surface area (Å²) in [6.45, 7) is 1.28. The number of benzene rings is 1. The van der Waals surface area contributed by atoms with Crippen molar-refractivity contribution in [2.45, 2.75) is 6.42 Å². The number of hydrogen-bond acceptors (Lipinski definition) is 3. The normalized spacial score (nSPS) is 10.1. The van der Waals surface area contributed by atoms with Gasteiger partial charge >= 0.3 is 5.97 Å². The molecule has 0 unspecified atom stereocenters. The van der Waals surface area contributed by atoms with E-state index in [1.165, 1.54) is 6.07 Å². The van der Waals surface area contributed by atoms with Crippen molar-refractivity contribution in [2.24, 2.45) is 0 Å². The summed E-state index contributed by atoms with van der Waals surface area (Å²) in [7, 11) is 1.63. The van der Waals surface area contributed by atoms with Crippen LogP contribution >= 0.6 is 11.6 Å². The van der Waals surface area contributed by atoms with E-state index in [1.807, 2.05) is 0 Å². The summed E-state index contributed by atoms with van der Waals surface area (Å²) in [4.78, 5) is 10.9. The summed E-state index contributed by atoms with van der Waals surface area (Å²) in [5, 5.41) is 12.5. The quantitative estimate of drug-likeness (QED) is 0.754. The molecule has 1 rings (SSSR count). The van der Waals surface area contributed by atoms with Gasteiger partial charge in [0.05, 0.1) is 11.3 Å². The zero-order valence-corrected chi connectivity index (χ0v) is 9.75. The molecule has 88 valence electrons. The van der Waals surface area contributed by atoms with Crippen molar-refractivity contribution in [2.75, 3.05) is 25.6 Å². The van der Waals surface area contributed by atoms with E-state index < -0.39 is 5.97 Å². The molecule has 2 N–H and O–H groups in total. The van der Waals surface area contributed by atoms with Crippen molar-refractivity contribution in [1.82, 2.24) is 0 Å². The third kappa shape index (κ3) is 3.72. The molecule has 16 heavy (non-hydrogen) atoms. The molecule has 0 radical (unpaired) electrons. The molecular formula is C11H14ClNO3. The average molecular weight is 244 g/mol. The van der Waals surface area contributed by atoms with Crippen LogP contribution in [0.1, 0.15) is 16.8 Å². The maximum atomic E-state index is 10.9. The number of halogens is 1. The van der Waals surface area contributed by atoms with Crippen LogP contribution in [0.4, 0.5) is 5.69 Å². The Bertz CT molecular complexity index is 368. The zero-order valence-electron chi connectivity index (χ0n) is 9.00. The van der Waals surface area contributed by atoms with Gasteiger partial charge in [0, 0.05) is 25.3 Å². The molecule has 0 saturated carbocycles.